The third kappa shape index (κ3) is 5.45. The highest BCUT2D eigenvalue weighted by Crippen LogP contribution is 2.14. The summed E-state index contributed by atoms with van der Waals surface area (Å²) in [6.07, 6.45) is 1.97. The van der Waals surface area contributed by atoms with Crippen LogP contribution in [0.25, 0.3) is 0 Å². The number of benzene rings is 1. The third-order valence-electron chi connectivity index (χ3n) is 5.24. The highest BCUT2D eigenvalue weighted by Gasteiger charge is 2.16. The number of guanidine groups is 1. The highest BCUT2D eigenvalue weighted by molar-refractivity contribution is 5.79. The van der Waals surface area contributed by atoms with Gasteiger partial charge in [0.05, 0.1) is 0 Å². The van der Waals surface area contributed by atoms with Crippen LogP contribution in [0.15, 0.2) is 53.7 Å². The second kappa shape index (κ2) is 10.1. The van der Waals surface area contributed by atoms with Crippen LogP contribution in [0, 0.1) is 0 Å². The molecule has 1 aromatic carbocycles. The van der Waals surface area contributed by atoms with Gasteiger partial charge in [0, 0.05) is 59.6 Å². The molecule has 2 heterocycles. The van der Waals surface area contributed by atoms with E-state index in [4.69, 9.17) is 0 Å². The fourth-order valence-corrected chi connectivity index (χ4v) is 3.50. The molecule has 150 valence electrons. The number of anilines is 1. The van der Waals surface area contributed by atoms with E-state index in [-0.39, 0.29) is 0 Å². The number of nitrogens with one attached hydrogen (secondary N) is 1. The number of pyridine rings is 1. The largest absolute Gasteiger partial charge is 0.354 e. The first-order valence-electron chi connectivity index (χ1n) is 10.1. The molecule has 3 rings (SSSR count). The molecule has 0 atom stereocenters. The van der Waals surface area contributed by atoms with Crippen LogP contribution >= 0.6 is 0 Å². The van der Waals surface area contributed by atoms with Gasteiger partial charge in [-0.3, -0.25) is 4.99 Å². The fourth-order valence-electron chi connectivity index (χ4n) is 3.50. The van der Waals surface area contributed by atoms with Gasteiger partial charge in [0.2, 0.25) is 0 Å². The van der Waals surface area contributed by atoms with Gasteiger partial charge in [0.15, 0.2) is 5.96 Å². The van der Waals surface area contributed by atoms with Crippen molar-refractivity contribution in [3.05, 3.63) is 59.8 Å². The Kier molecular flexibility index (Phi) is 7.25. The van der Waals surface area contributed by atoms with Crippen molar-refractivity contribution in [2.45, 2.75) is 20.0 Å². The van der Waals surface area contributed by atoms with E-state index in [0.29, 0.717) is 6.54 Å². The first-order valence-corrected chi connectivity index (χ1v) is 10.1. The van der Waals surface area contributed by atoms with Crippen LogP contribution in [0.3, 0.4) is 0 Å². The molecule has 0 saturated carbocycles. The molecule has 0 spiro atoms. The Balaban J connectivity index is 1.51. The van der Waals surface area contributed by atoms with Gasteiger partial charge in [0.1, 0.15) is 5.82 Å². The first-order chi connectivity index (χ1) is 13.7. The zero-order valence-electron chi connectivity index (χ0n) is 17.3. The molecule has 6 heteroatoms. The van der Waals surface area contributed by atoms with Gasteiger partial charge in [-0.25, -0.2) is 4.98 Å². The van der Waals surface area contributed by atoms with Gasteiger partial charge in [-0.05, 0) is 23.7 Å². The van der Waals surface area contributed by atoms with Crippen molar-refractivity contribution in [3.63, 3.8) is 0 Å². The molecule has 0 bridgehead atoms. The molecule has 1 N–H and O–H groups in total. The minimum Gasteiger partial charge on any atom is -0.354 e. The van der Waals surface area contributed by atoms with E-state index in [9.17, 15) is 0 Å². The molecule has 0 aliphatic carbocycles. The summed E-state index contributed by atoms with van der Waals surface area (Å²) in [5.41, 5.74) is 2.42. The number of piperazine rings is 1. The molecule has 0 radical (unpaired) electrons. The summed E-state index contributed by atoms with van der Waals surface area (Å²) in [6.45, 7) is 9.22. The summed E-state index contributed by atoms with van der Waals surface area (Å²) in [6, 6.07) is 14.7. The van der Waals surface area contributed by atoms with Crippen LogP contribution in [0.4, 0.5) is 5.82 Å². The molecule has 6 nitrogen and oxygen atoms in total. The predicted molar refractivity (Wildman–Crippen MR) is 117 cm³/mol. The lowest BCUT2D eigenvalue weighted by atomic mass is 10.2. The predicted octanol–water partition coefficient (Wildman–Crippen LogP) is 2.43. The standard InChI is InChI=1S/C22H32N6/c1-4-27-12-14-28(15-13-27)21-11-10-20(16-24-21)17-25-22(23-2)26(3)18-19-8-6-5-7-9-19/h5-11,16H,4,12-15,17-18H2,1-3H3,(H,23,25). The fraction of sp³-hybridized carbons (Fsp3) is 0.455. The molecule has 1 aliphatic heterocycles. The Morgan fingerprint density at radius 2 is 1.82 bits per heavy atom. The smallest absolute Gasteiger partial charge is 0.193 e. The van der Waals surface area contributed by atoms with Crippen LogP contribution in [-0.4, -0.2) is 67.6 Å². The van der Waals surface area contributed by atoms with E-state index in [0.717, 1.165) is 56.6 Å². The lowest BCUT2D eigenvalue weighted by molar-refractivity contribution is 0.270. The molecule has 0 unspecified atom stereocenters. The number of rotatable bonds is 6. The second-order valence-corrected chi connectivity index (χ2v) is 7.19. The lowest BCUT2D eigenvalue weighted by Crippen LogP contribution is -2.46. The lowest BCUT2D eigenvalue weighted by Gasteiger charge is -2.34. The van der Waals surface area contributed by atoms with Crippen molar-refractivity contribution >= 4 is 11.8 Å². The zero-order chi connectivity index (χ0) is 19.8. The Hall–Kier alpha value is -2.60. The van der Waals surface area contributed by atoms with Crippen LogP contribution in [0.2, 0.25) is 0 Å². The SMILES string of the molecule is CCN1CCN(c2ccc(CNC(=NC)N(C)Cc3ccccc3)cn2)CC1. The molecule has 1 saturated heterocycles. The Labute approximate surface area is 168 Å². The minimum absolute atomic E-state index is 0.711. The number of likely N-dealkylation sites (N-methyl/N-ethyl adjacent to an activating group) is 1. The van der Waals surface area contributed by atoms with E-state index in [1.54, 1.807) is 0 Å². The Morgan fingerprint density at radius 3 is 2.43 bits per heavy atom. The van der Waals surface area contributed by atoms with Crippen molar-refractivity contribution in [1.29, 1.82) is 0 Å². The van der Waals surface area contributed by atoms with Gasteiger partial charge < -0.3 is 20.0 Å². The highest BCUT2D eigenvalue weighted by atomic mass is 15.3. The number of nitrogens with zero attached hydrogens (tertiary/aromatic N) is 5. The number of aliphatic imine (C=N–C) groups is 1. The summed E-state index contributed by atoms with van der Waals surface area (Å²) in [5.74, 6) is 1.95. The quantitative estimate of drug-likeness (QED) is 0.616. The molecular weight excluding hydrogens is 348 g/mol. The first kappa shape index (κ1) is 20.1. The summed E-state index contributed by atoms with van der Waals surface area (Å²) in [7, 11) is 3.88. The van der Waals surface area contributed by atoms with Crippen LogP contribution < -0.4 is 10.2 Å². The van der Waals surface area contributed by atoms with E-state index in [1.807, 2.05) is 19.3 Å². The second-order valence-electron chi connectivity index (χ2n) is 7.19. The summed E-state index contributed by atoms with van der Waals surface area (Å²) >= 11 is 0. The maximum absolute atomic E-state index is 4.68. The molecule has 1 fully saturated rings. The Morgan fingerprint density at radius 1 is 1.07 bits per heavy atom. The number of hydrogen-bond donors (Lipinski definition) is 1. The van der Waals surface area contributed by atoms with Gasteiger partial charge in [-0.15, -0.1) is 0 Å². The van der Waals surface area contributed by atoms with Gasteiger partial charge in [-0.2, -0.15) is 0 Å². The summed E-state index contributed by atoms with van der Waals surface area (Å²) in [5, 5.41) is 3.43. The maximum atomic E-state index is 4.68. The van der Waals surface area contributed by atoms with E-state index in [1.165, 1.54) is 5.56 Å². The topological polar surface area (TPSA) is 47.0 Å². The van der Waals surface area contributed by atoms with Crippen molar-refractivity contribution in [2.75, 3.05) is 51.7 Å². The number of aromatic nitrogens is 1. The molecule has 2 aromatic rings. The third-order valence-corrected chi connectivity index (χ3v) is 5.24. The zero-order valence-corrected chi connectivity index (χ0v) is 17.3. The van der Waals surface area contributed by atoms with Gasteiger partial charge in [-0.1, -0.05) is 43.3 Å². The van der Waals surface area contributed by atoms with Crippen LogP contribution in [-0.2, 0) is 13.1 Å². The van der Waals surface area contributed by atoms with Gasteiger partial charge in [0.25, 0.3) is 0 Å². The van der Waals surface area contributed by atoms with Crippen molar-refractivity contribution in [2.24, 2.45) is 4.99 Å². The maximum Gasteiger partial charge on any atom is 0.193 e. The van der Waals surface area contributed by atoms with Gasteiger partial charge >= 0.3 is 0 Å². The minimum atomic E-state index is 0.711. The van der Waals surface area contributed by atoms with Crippen molar-refractivity contribution < 1.29 is 0 Å². The normalized spacial score (nSPS) is 15.5. The van der Waals surface area contributed by atoms with Crippen molar-refractivity contribution in [3.8, 4) is 0 Å². The van der Waals surface area contributed by atoms with Crippen LogP contribution in [0.1, 0.15) is 18.1 Å². The molecular formula is C22H32N6. The molecule has 28 heavy (non-hydrogen) atoms. The van der Waals surface area contributed by atoms with E-state index >= 15 is 0 Å². The monoisotopic (exact) mass is 380 g/mol. The van der Waals surface area contributed by atoms with E-state index in [2.05, 4.69) is 80.4 Å². The molecule has 1 aliphatic rings. The van der Waals surface area contributed by atoms with Crippen LogP contribution in [0.5, 0.6) is 0 Å². The summed E-state index contributed by atoms with van der Waals surface area (Å²) in [4.78, 5) is 16.1. The van der Waals surface area contributed by atoms with Crippen molar-refractivity contribution in [1.82, 2.24) is 20.1 Å². The van der Waals surface area contributed by atoms with E-state index < -0.39 is 0 Å². The molecule has 0 amide bonds. The Bertz CT molecular complexity index is 735. The molecule has 1 aromatic heterocycles. The average Bonchev–Trinajstić information content (AvgIpc) is 2.75. The summed E-state index contributed by atoms with van der Waals surface area (Å²) < 4.78 is 0. The number of hydrogen-bond acceptors (Lipinski definition) is 4. The average molecular weight is 381 g/mol.